The lowest BCUT2D eigenvalue weighted by Crippen LogP contribution is -2.48. The van der Waals surface area contributed by atoms with E-state index in [1.165, 1.54) is 0 Å². The monoisotopic (exact) mass is 333 g/mol. The van der Waals surface area contributed by atoms with Crippen molar-refractivity contribution in [3.8, 4) is 0 Å². The summed E-state index contributed by atoms with van der Waals surface area (Å²) in [6, 6.07) is 1.13. The summed E-state index contributed by atoms with van der Waals surface area (Å²) in [5, 5.41) is 0. The smallest absolute Gasteiger partial charge is 0.324 e. The number of halogens is 2. The summed E-state index contributed by atoms with van der Waals surface area (Å²) in [5.41, 5.74) is 0. The summed E-state index contributed by atoms with van der Waals surface area (Å²) in [4.78, 5) is 11.4. The molecule has 0 saturated carbocycles. The van der Waals surface area contributed by atoms with Gasteiger partial charge in [-0.25, -0.2) is 17.2 Å². The van der Waals surface area contributed by atoms with Gasteiger partial charge < -0.3 is 4.74 Å². The van der Waals surface area contributed by atoms with Gasteiger partial charge in [-0.05, 0) is 38.3 Å². The second kappa shape index (κ2) is 6.70. The summed E-state index contributed by atoms with van der Waals surface area (Å²) < 4.78 is 57.6. The lowest BCUT2D eigenvalue weighted by molar-refractivity contribution is -0.148. The molecule has 1 fully saturated rings. The summed E-state index contributed by atoms with van der Waals surface area (Å²) >= 11 is 0. The number of piperidine rings is 1. The molecule has 22 heavy (non-hydrogen) atoms. The van der Waals surface area contributed by atoms with Crippen molar-refractivity contribution in [3.63, 3.8) is 0 Å². The van der Waals surface area contributed by atoms with Gasteiger partial charge in [0.15, 0.2) is 0 Å². The molecule has 5 nitrogen and oxygen atoms in total. The Morgan fingerprint density at radius 2 is 1.91 bits per heavy atom. The Balaban J connectivity index is 2.38. The van der Waals surface area contributed by atoms with Crippen LogP contribution in [0.5, 0.6) is 0 Å². The third kappa shape index (κ3) is 3.44. The molecule has 0 aliphatic carbocycles. The largest absolute Gasteiger partial charge is 0.465 e. The predicted molar refractivity (Wildman–Crippen MR) is 74.5 cm³/mol. The second-order valence-electron chi connectivity index (χ2n) is 4.98. The number of sulfonamides is 1. The first-order valence-electron chi connectivity index (χ1n) is 7.01. The van der Waals surface area contributed by atoms with Crippen LogP contribution < -0.4 is 0 Å². The number of nitrogens with zero attached hydrogens (tertiary/aromatic N) is 1. The van der Waals surface area contributed by atoms with Crippen LogP contribution in [0.2, 0.25) is 0 Å². The third-order valence-corrected chi connectivity index (χ3v) is 5.34. The fraction of sp³-hybridized carbons (Fsp3) is 0.500. The Hall–Kier alpha value is -1.54. The van der Waals surface area contributed by atoms with Crippen LogP contribution in [0.4, 0.5) is 8.78 Å². The van der Waals surface area contributed by atoms with Gasteiger partial charge in [-0.15, -0.1) is 0 Å². The van der Waals surface area contributed by atoms with E-state index in [9.17, 15) is 22.0 Å². The molecule has 0 radical (unpaired) electrons. The molecule has 0 bridgehead atoms. The molecule has 0 aromatic heterocycles. The highest BCUT2D eigenvalue weighted by atomic mass is 32.2. The molecule has 1 aromatic rings. The van der Waals surface area contributed by atoms with Gasteiger partial charge in [0.1, 0.15) is 17.7 Å². The molecule has 0 N–H and O–H groups in total. The Morgan fingerprint density at radius 3 is 2.50 bits per heavy atom. The van der Waals surface area contributed by atoms with E-state index in [0.29, 0.717) is 25.3 Å². The highest BCUT2D eigenvalue weighted by molar-refractivity contribution is 7.89. The van der Waals surface area contributed by atoms with Gasteiger partial charge in [-0.3, -0.25) is 4.79 Å². The molecule has 1 heterocycles. The van der Waals surface area contributed by atoms with E-state index in [1.807, 2.05) is 0 Å². The Labute approximate surface area is 127 Å². The zero-order chi connectivity index (χ0) is 16.3. The number of hydrogen-bond acceptors (Lipinski definition) is 4. The lowest BCUT2D eigenvalue weighted by atomic mass is 10.1. The first kappa shape index (κ1) is 16.8. The van der Waals surface area contributed by atoms with Gasteiger partial charge in [-0.2, -0.15) is 4.31 Å². The summed E-state index contributed by atoms with van der Waals surface area (Å²) in [7, 11) is -4.17. The Morgan fingerprint density at radius 1 is 1.27 bits per heavy atom. The van der Waals surface area contributed by atoms with Crippen LogP contribution >= 0.6 is 0 Å². The van der Waals surface area contributed by atoms with Gasteiger partial charge in [0.2, 0.25) is 10.0 Å². The van der Waals surface area contributed by atoms with Gasteiger partial charge in [-0.1, -0.05) is 0 Å². The number of carbonyl (C=O) groups is 1. The number of ether oxygens (including phenoxy) is 1. The highest BCUT2D eigenvalue weighted by Crippen LogP contribution is 2.27. The molecule has 1 unspecified atom stereocenters. The van der Waals surface area contributed by atoms with Crippen molar-refractivity contribution >= 4 is 16.0 Å². The maximum atomic E-state index is 13.3. The number of esters is 1. The summed E-state index contributed by atoms with van der Waals surface area (Å²) in [6.45, 7) is 1.88. The van der Waals surface area contributed by atoms with E-state index in [4.69, 9.17) is 4.74 Å². The molecule has 1 aliphatic rings. The second-order valence-corrected chi connectivity index (χ2v) is 6.88. The molecule has 8 heteroatoms. The van der Waals surface area contributed by atoms with E-state index in [2.05, 4.69) is 0 Å². The minimum atomic E-state index is -4.17. The van der Waals surface area contributed by atoms with Crippen molar-refractivity contribution in [2.45, 2.75) is 37.1 Å². The average molecular weight is 333 g/mol. The van der Waals surface area contributed by atoms with Crippen LogP contribution in [-0.4, -0.2) is 37.9 Å². The van der Waals surface area contributed by atoms with Crippen LogP contribution in [0.25, 0.3) is 0 Å². The van der Waals surface area contributed by atoms with Crippen molar-refractivity contribution in [1.82, 2.24) is 4.31 Å². The third-order valence-electron chi connectivity index (χ3n) is 3.46. The average Bonchev–Trinajstić information content (AvgIpc) is 2.46. The van der Waals surface area contributed by atoms with Gasteiger partial charge in [0.25, 0.3) is 0 Å². The summed E-state index contributed by atoms with van der Waals surface area (Å²) in [5.74, 6) is -2.60. The van der Waals surface area contributed by atoms with Gasteiger partial charge >= 0.3 is 5.97 Å². The van der Waals surface area contributed by atoms with Crippen molar-refractivity contribution in [3.05, 3.63) is 29.8 Å². The molecular weight excluding hydrogens is 316 g/mol. The molecular formula is C14H17F2NO4S. The highest BCUT2D eigenvalue weighted by Gasteiger charge is 2.38. The molecule has 1 aliphatic heterocycles. The standard InChI is InChI=1S/C14H17F2NO4S/c1-2-21-14(18)13-5-3-4-6-17(13)22(19,20)12-8-10(15)7-11(16)9-12/h7-9,13H,2-6H2,1H3. The minimum Gasteiger partial charge on any atom is -0.465 e. The maximum absolute atomic E-state index is 13.3. The van der Waals surface area contributed by atoms with Crippen molar-refractivity contribution in [2.75, 3.05) is 13.2 Å². The molecule has 1 atom stereocenters. The first-order chi connectivity index (χ1) is 10.4. The molecule has 0 amide bonds. The van der Waals surface area contributed by atoms with Crippen LogP contribution in [0.15, 0.2) is 23.1 Å². The normalized spacial score (nSPS) is 19.9. The fourth-order valence-corrected chi connectivity index (χ4v) is 4.17. The van der Waals surface area contributed by atoms with Gasteiger partial charge in [0, 0.05) is 12.6 Å². The number of hydrogen-bond donors (Lipinski definition) is 0. The predicted octanol–water partition coefficient (Wildman–Crippen LogP) is 2.07. The van der Waals surface area contributed by atoms with Crippen LogP contribution in [-0.2, 0) is 19.6 Å². The number of rotatable bonds is 4. The van der Waals surface area contributed by atoms with Crippen LogP contribution in [0, 0.1) is 11.6 Å². The Bertz CT molecular complexity index is 643. The van der Waals surface area contributed by atoms with Crippen molar-refractivity contribution < 1.29 is 26.7 Å². The van der Waals surface area contributed by atoms with Crippen molar-refractivity contribution in [2.24, 2.45) is 0 Å². The number of benzene rings is 1. The molecule has 1 aromatic carbocycles. The van der Waals surface area contributed by atoms with E-state index in [-0.39, 0.29) is 13.2 Å². The number of carbonyl (C=O) groups excluding carboxylic acids is 1. The van der Waals surface area contributed by atoms with E-state index in [0.717, 1.165) is 16.4 Å². The zero-order valence-electron chi connectivity index (χ0n) is 12.1. The summed E-state index contributed by atoms with van der Waals surface area (Å²) in [6.07, 6.45) is 1.59. The Kier molecular flexibility index (Phi) is 5.12. The molecule has 122 valence electrons. The molecule has 2 rings (SSSR count). The first-order valence-corrected chi connectivity index (χ1v) is 8.45. The molecule has 1 saturated heterocycles. The van der Waals surface area contributed by atoms with Gasteiger partial charge in [0.05, 0.1) is 11.5 Å². The quantitative estimate of drug-likeness (QED) is 0.792. The van der Waals surface area contributed by atoms with E-state index >= 15 is 0 Å². The lowest BCUT2D eigenvalue weighted by Gasteiger charge is -2.32. The van der Waals surface area contributed by atoms with E-state index < -0.39 is 38.6 Å². The van der Waals surface area contributed by atoms with E-state index in [1.54, 1.807) is 6.92 Å². The van der Waals surface area contributed by atoms with Crippen molar-refractivity contribution in [1.29, 1.82) is 0 Å². The van der Waals surface area contributed by atoms with Crippen LogP contribution in [0.1, 0.15) is 26.2 Å². The molecule has 0 spiro atoms. The zero-order valence-corrected chi connectivity index (χ0v) is 12.9. The minimum absolute atomic E-state index is 0.115. The van der Waals surface area contributed by atoms with Crippen LogP contribution in [0.3, 0.4) is 0 Å². The topological polar surface area (TPSA) is 63.7 Å². The fourth-order valence-electron chi connectivity index (χ4n) is 2.48. The SMILES string of the molecule is CCOC(=O)C1CCCCN1S(=O)(=O)c1cc(F)cc(F)c1. The maximum Gasteiger partial charge on any atom is 0.324 e.